The SMILES string of the molecule is CCCC(COC)NC1CC(C#N)(c2ccccc2)C1. The van der Waals surface area contributed by atoms with Crippen molar-refractivity contribution in [2.75, 3.05) is 13.7 Å². The van der Waals surface area contributed by atoms with E-state index in [1.54, 1.807) is 7.11 Å². The van der Waals surface area contributed by atoms with Gasteiger partial charge in [0.2, 0.25) is 0 Å². The molecule has 1 aliphatic carbocycles. The highest BCUT2D eigenvalue weighted by Gasteiger charge is 2.46. The van der Waals surface area contributed by atoms with Crippen LogP contribution in [-0.2, 0) is 10.2 Å². The summed E-state index contributed by atoms with van der Waals surface area (Å²) in [6.45, 7) is 2.93. The van der Waals surface area contributed by atoms with Gasteiger partial charge in [0, 0.05) is 19.2 Å². The average molecular weight is 272 g/mol. The maximum Gasteiger partial charge on any atom is 0.0852 e. The minimum absolute atomic E-state index is 0.289. The third-order valence-electron chi connectivity index (χ3n) is 4.21. The van der Waals surface area contributed by atoms with Crippen LogP contribution in [0.1, 0.15) is 38.2 Å². The Hall–Kier alpha value is -1.37. The molecule has 0 radical (unpaired) electrons. The van der Waals surface area contributed by atoms with Gasteiger partial charge in [-0.2, -0.15) is 5.26 Å². The van der Waals surface area contributed by atoms with Crippen LogP contribution < -0.4 is 5.32 Å². The molecule has 1 N–H and O–H groups in total. The van der Waals surface area contributed by atoms with Crippen molar-refractivity contribution in [3.05, 3.63) is 35.9 Å². The van der Waals surface area contributed by atoms with Crippen molar-refractivity contribution in [1.82, 2.24) is 5.32 Å². The van der Waals surface area contributed by atoms with Crippen molar-refractivity contribution < 1.29 is 4.74 Å². The molecular weight excluding hydrogens is 248 g/mol. The average Bonchev–Trinajstić information content (AvgIpc) is 2.44. The van der Waals surface area contributed by atoms with Crippen molar-refractivity contribution in [1.29, 1.82) is 5.26 Å². The molecule has 20 heavy (non-hydrogen) atoms. The fourth-order valence-electron chi connectivity index (χ4n) is 3.15. The first-order valence-electron chi connectivity index (χ1n) is 7.46. The van der Waals surface area contributed by atoms with Crippen molar-refractivity contribution >= 4 is 0 Å². The Morgan fingerprint density at radius 2 is 2.10 bits per heavy atom. The molecule has 1 aromatic rings. The van der Waals surface area contributed by atoms with Gasteiger partial charge in [-0.15, -0.1) is 0 Å². The molecule has 1 unspecified atom stereocenters. The van der Waals surface area contributed by atoms with Gasteiger partial charge in [0.15, 0.2) is 0 Å². The largest absolute Gasteiger partial charge is 0.383 e. The molecule has 1 fully saturated rings. The Kier molecular flexibility index (Phi) is 5.17. The lowest BCUT2D eigenvalue weighted by molar-refractivity contribution is 0.131. The number of benzene rings is 1. The van der Waals surface area contributed by atoms with Crippen LogP contribution in [0.2, 0.25) is 0 Å². The zero-order valence-electron chi connectivity index (χ0n) is 12.4. The fourth-order valence-corrected chi connectivity index (χ4v) is 3.15. The highest BCUT2D eigenvalue weighted by Crippen LogP contribution is 2.43. The van der Waals surface area contributed by atoms with Gasteiger partial charge in [-0.3, -0.25) is 0 Å². The summed E-state index contributed by atoms with van der Waals surface area (Å²) < 4.78 is 5.26. The number of rotatable bonds is 7. The number of methoxy groups -OCH3 is 1. The zero-order chi connectivity index (χ0) is 14.4. The van der Waals surface area contributed by atoms with E-state index in [9.17, 15) is 5.26 Å². The molecule has 2 rings (SSSR count). The van der Waals surface area contributed by atoms with E-state index in [2.05, 4.69) is 30.4 Å². The summed E-state index contributed by atoms with van der Waals surface area (Å²) in [5.74, 6) is 0. The number of nitriles is 1. The monoisotopic (exact) mass is 272 g/mol. The first kappa shape index (κ1) is 15.0. The van der Waals surface area contributed by atoms with Gasteiger partial charge in [0.05, 0.1) is 18.1 Å². The van der Waals surface area contributed by atoms with E-state index in [1.165, 1.54) is 0 Å². The lowest BCUT2D eigenvalue weighted by Crippen LogP contribution is -2.54. The van der Waals surface area contributed by atoms with Crippen molar-refractivity contribution in [2.45, 2.75) is 50.1 Å². The molecule has 0 amide bonds. The van der Waals surface area contributed by atoms with E-state index < -0.39 is 0 Å². The third-order valence-corrected chi connectivity index (χ3v) is 4.21. The molecule has 108 valence electrons. The van der Waals surface area contributed by atoms with E-state index in [4.69, 9.17) is 4.74 Å². The number of ether oxygens (including phenoxy) is 1. The summed E-state index contributed by atoms with van der Waals surface area (Å²) in [5.41, 5.74) is 0.863. The zero-order valence-corrected chi connectivity index (χ0v) is 12.4. The Labute approximate surface area is 121 Å². The highest BCUT2D eigenvalue weighted by atomic mass is 16.5. The van der Waals surface area contributed by atoms with Crippen LogP contribution in [0.4, 0.5) is 0 Å². The summed E-state index contributed by atoms with van der Waals surface area (Å²) in [7, 11) is 1.74. The van der Waals surface area contributed by atoms with Crippen LogP contribution in [0.3, 0.4) is 0 Å². The van der Waals surface area contributed by atoms with Crippen LogP contribution in [0.15, 0.2) is 30.3 Å². The van der Waals surface area contributed by atoms with Gasteiger partial charge in [-0.1, -0.05) is 43.7 Å². The molecule has 1 saturated carbocycles. The number of nitrogens with one attached hydrogen (secondary N) is 1. The second-order valence-electron chi connectivity index (χ2n) is 5.77. The third kappa shape index (κ3) is 3.20. The molecule has 0 bridgehead atoms. The summed E-state index contributed by atoms with van der Waals surface area (Å²) in [4.78, 5) is 0. The van der Waals surface area contributed by atoms with Crippen molar-refractivity contribution in [3.8, 4) is 6.07 Å². The topological polar surface area (TPSA) is 45.0 Å². The predicted octanol–water partition coefficient (Wildman–Crippen LogP) is 3.02. The van der Waals surface area contributed by atoms with E-state index in [0.29, 0.717) is 12.1 Å². The Morgan fingerprint density at radius 3 is 2.65 bits per heavy atom. The van der Waals surface area contributed by atoms with Gasteiger partial charge < -0.3 is 10.1 Å². The van der Waals surface area contributed by atoms with Gasteiger partial charge in [0.1, 0.15) is 0 Å². The normalized spacial score (nSPS) is 26.6. The summed E-state index contributed by atoms with van der Waals surface area (Å²) in [5, 5.41) is 13.2. The lowest BCUT2D eigenvalue weighted by atomic mass is 9.62. The molecule has 0 heterocycles. The maximum absolute atomic E-state index is 9.55. The Morgan fingerprint density at radius 1 is 1.40 bits per heavy atom. The standard InChI is InChI=1S/C17H24N2O/c1-3-7-15(12-20-2)19-16-10-17(11-16,13-18)14-8-5-4-6-9-14/h4-6,8-9,15-16,19H,3,7,10-12H2,1-2H3. The Balaban J connectivity index is 1.93. The second kappa shape index (κ2) is 6.88. The van der Waals surface area contributed by atoms with Gasteiger partial charge in [-0.25, -0.2) is 0 Å². The molecular formula is C17H24N2O. The van der Waals surface area contributed by atoms with E-state index >= 15 is 0 Å². The van der Waals surface area contributed by atoms with Crippen LogP contribution in [0.25, 0.3) is 0 Å². The number of hydrogen-bond acceptors (Lipinski definition) is 3. The summed E-state index contributed by atoms with van der Waals surface area (Å²) >= 11 is 0. The molecule has 1 atom stereocenters. The first-order chi connectivity index (χ1) is 9.74. The smallest absolute Gasteiger partial charge is 0.0852 e. The molecule has 0 aliphatic heterocycles. The summed E-state index contributed by atoms with van der Waals surface area (Å²) in [6.07, 6.45) is 4.07. The van der Waals surface area contributed by atoms with Crippen molar-refractivity contribution in [2.24, 2.45) is 0 Å². The van der Waals surface area contributed by atoms with E-state index in [1.807, 2.05) is 18.2 Å². The molecule has 0 spiro atoms. The molecule has 0 aromatic heterocycles. The van der Waals surface area contributed by atoms with Gasteiger partial charge >= 0.3 is 0 Å². The molecule has 1 aliphatic rings. The molecule has 3 nitrogen and oxygen atoms in total. The quantitative estimate of drug-likeness (QED) is 0.830. The minimum Gasteiger partial charge on any atom is -0.383 e. The first-order valence-corrected chi connectivity index (χ1v) is 7.46. The minimum atomic E-state index is -0.289. The molecule has 0 saturated heterocycles. The van der Waals surface area contributed by atoms with Crippen LogP contribution in [0.5, 0.6) is 0 Å². The van der Waals surface area contributed by atoms with Crippen LogP contribution in [0, 0.1) is 11.3 Å². The fraction of sp³-hybridized carbons (Fsp3) is 0.588. The second-order valence-corrected chi connectivity index (χ2v) is 5.77. The predicted molar refractivity (Wildman–Crippen MR) is 80.5 cm³/mol. The van der Waals surface area contributed by atoms with Crippen LogP contribution in [-0.4, -0.2) is 25.8 Å². The van der Waals surface area contributed by atoms with E-state index in [-0.39, 0.29) is 5.41 Å². The van der Waals surface area contributed by atoms with Gasteiger partial charge in [0.25, 0.3) is 0 Å². The van der Waals surface area contributed by atoms with Crippen LogP contribution >= 0.6 is 0 Å². The Bertz CT molecular complexity index is 440. The highest BCUT2D eigenvalue weighted by molar-refractivity contribution is 5.36. The molecule has 3 heteroatoms. The number of hydrogen-bond donors (Lipinski definition) is 1. The van der Waals surface area contributed by atoms with Gasteiger partial charge in [-0.05, 0) is 24.8 Å². The lowest BCUT2D eigenvalue weighted by Gasteiger charge is -2.45. The maximum atomic E-state index is 9.55. The van der Waals surface area contributed by atoms with E-state index in [0.717, 1.165) is 37.9 Å². The molecule has 1 aromatic carbocycles. The van der Waals surface area contributed by atoms with Crippen molar-refractivity contribution in [3.63, 3.8) is 0 Å². The number of nitrogens with zero attached hydrogens (tertiary/aromatic N) is 1. The summed E-state index contributed by atoms with van der Waals surface area (Å²) in [6, 6.07) is 13.5.